The van der Waals surface area contributed by atoms with Gasteiger partial charge in [-0.1, -0.05) is 325 Å². The Balaban J connectivity index is 2.59. The van der Waals surface area contributed by atoms with Crippen LogP contribution in [0.1, 0.15) is 297 Å². The van der Waals surface area contributed by atoms with Gasteiger partial charge in [0.15, 0.2) is 12.4 Å². The van der Waals surface area contributed by atoms with Gasteiger partial charge in [0.1, 0.15) is 24.4 Å². The zero-order valence-corrected chi connectivity index (χ0v) is 52.1. The summed E-state index contributed by atoms with van der Waals surface area (Å²) in [4.78, 5) is 26.5. The minimum atomic E-state index is -1.64. The molecule has 0 radical (unpaired) electrons. The van der Waals surface area contributed by atoms with E-state index in [4.69, 9.17) is 14.2 Å². The fourth-order valence-electron chi connectivity index (χ4n) is 10.4. The summed E-state index contributed by atoms with van der Waals surface area (Å²) in [5.74, 6) is -1.27. The van der Waals surface area contributed by atoms with Crippen molar-refractivity contribution in [3.8, 4) is 0 Å². The van der Waals surface area contributed by atoms with Crippen molar-refractivity contribution in [3.05, 3.63) is 72.9 Å². The van der Waals surface area contributed by atoms with Gasteiger partial charge in [-0.3, -0.25) is 9.59 Å². The summed E-state index contributed by atoms with van der Waals surface area (Å²) in [5.41, 5.74) is 0. The van der Waals surface area contributed by atoms with Gasteiger partial charge in [0.25, 0.3) is 0 Å². The molecule has 0 bridgehead atoms. The number of hydrogen-bond donors (Lipinski definition) is 6. The summed E-state index contributed by atoms with van der Waals surface area (Å²) in [7, 11) is 0. The van der Waals surface area contributed by atoms with Crippen LogP contribution in [-0.2, 0) is 23.8 Å². The van der Waals surface area contributed by atoms with Gasteiger partial charge in [-0.2, -0.15) is 0 Å². The van der Waals surface area contributed by atoms with E-state index in [0.717, 1.165) is 44.9 Å². The average molecular weight is 1140 g/mol. The smallest absolute Gasteiger partial charge is 0.306 e. The summed E-state index contributed by atoms with van der Waals surface area (Å²) in [6.07, 6.45) is 64.1. The summed E-state index contributed by atoms with van der Waals surface area (Å²) < 4.78 is 17.5. The second-order valence-electron chi connectivity index (χ2n) is 23.3. The minimum absolute atomic E-state index is 0.0262. The molecule has 1 heterocycles. The van der Waals surface area contributed by atoms with Crippen molar-refractivity contribution in [2.45, 2.75) is 346 Å². The molecule has 8 unspecified atom stereocenters. The summed E-state index contributed by atoms with van der Waals surface area (Å²) in [6.45, 7) is 5.63. The van der Waals surface area contributed by atoms with Crippen LogP contribution in [0.15, 0.2) is 72.9 Å². The van der Waals surface area contributed by atoms with E-state index in [9.17, 15) is 35.1 Å². The molecule has 11 heteroatoms. The van der Waals surface area contributed by atoms with Crippen molar-refractivity contribution in [2.75, 3.05) is 13.2 Å². The summed E-state index contributed by atoms with van der Waals surface area (Å²) >= 11 is 0. The molecule has 1 saturated heterocycles. The number of nitrogens with one attached hydrogen (secondary N) is 1. The third-order valence-electron chi connectivity index (χ3n) is 15.8. The largest absolute Gasteiger partial charge is 0.454 e. The lowest BCUT2D eigenvalue weighted by molar-refractivity contribution is -0.305. The van der Waals surface area contributed by atoms with Crippen molar-refractivity contribution in [1.82, 2.24) is 5.32 Å². The van der Waals surface area contributed by atoms with Gasteiger partial charge < -0.3 is 45.1 Å². The van der Waals surface area contributed by atoms with Gasteiger partial charge in [-0.05, 0) is 38.5 Å². The minimum Gasteiger partial charge on any atom is -0.454 e. The van der Waals surface area contributed by atoms with Crippen molar-refractivity contribution in [2.24, 2.45) is 0 Å². The molecular weight excluding hydrogens is 1010 g/mol. The van der Waals surface area contributed by atoms with E-state index in [1.165, 1.54) is 199 Å². The lowest BCUT2D eigenvalue weighted by Gasteiger charge is -2.41. The third kappa shape index (κ3) is 45.2. The molecule has 1 aliphatic rings. The lowest BCUT2D eigenvalue weighted by Crippen LogP contribution is -2.61. The van der Waals surface area contributed by atoms with Gasteiger partial charge in [0.2, 0.25) is 5.91 Å². The number of aliphatic hydroxyl groups is 5. The molecule has 1 fully saturated rings. The van der Waals surface area contributed by atoms with Crippen molar-refractivity contribution in [3.63, 3.8) is 0 Å². The number of hydrogen-bond acceptors (Lipinski definition) is 10. The molecule has 0 spiro atoms. The number of ether oxygens (including phenoxy) is 3. The normalized spacial score (nSPS) is 19.1. The van der Waals surface area contributed by atoms with Crippen molar-refractivity contribution >= 4 is 11.9 Å². The molecule has 6 N–H and O–H groups in total. The number of carbonyl (C=O) groups is 2. The monoisotopic (exact) mass is 1140 g/mol. The van der Waals surface area contributed by atoms with Gasteiger partial charge in [0.05, 0.1) is 25.4 Å². The Hall–Kier alpha value is -2.90. The van der Waals surface area contributed by atoms with E-state index in [-0.39, 0.29) is 19.4 Å². The highest BCUT2D eigenvalue weighted by atomic mass is 16.7. The second kappa shape index (κ2) is 57.5. The number of rotatable bonds is 57. The predicted molar refractivity (Wildman–Crippen MR) is 338 cm³/mol. The molecule has 0 aliphatic carbocycles. The molecule has 0 saturated carbocycles. The van der Waals surface area contributed by atoms with E-state index in [1.54, 1.807) is 6.08 Å². The number of allylic oxidation sites excluding steroid dienone is 11. The molecule has 0 aromatic heterocycles. The Morgan fingerprint density at radius 1 is 0.494 bits per heavy atom. The van der Waals surface area contributed by atoms with E-state index in [0.29, 0.717) is 19.3 Å². The molecule has 81 heavy (non-hydrogen) atoms. The van der Waals surface area contributed by atoms with Crippen LogP contribution in [0.3, 0.4) is 0 Å². The Bertz CT molecular complexity index is 1590. The Morgan fingerprint density at radius 3 is 1.32 bits per heavy atom. The molecule has 1 amide bonds. The van der Waals surface area contributed by atoms with Crippen LogP contribution < -0.4 is 5.32 Å². The van der Waals surface area contributed by atoms with Crippen LogP contribution in [0, 0.1) is 0 Å². The Kier molecular flexibility index (Phi) is 54.1. The summed E-state index contributed by atoms with van der Waals surface area (Å²) in [5, 5.41) is 57.0. The lowest BCUT2D eigenvalue weighted by atomic mass is 9.99. The number of aliphatic hydroxyl groups excluding tert-OH is 5. The first-order valence-electron chi connectivity index (χ1n) is 33.8. The molecule has 8 atom stereocenters. The highest BCUT2D eigenvalue weighted by molar-refractivity contribution is 5.80. The third-order valence-corrected chi connectivity index (χ3v) is 15.8. The highest BCUT2D eigenvalue weighted by Gasteiger charge is 2.47. The van der Waals surface area contributed by atoms with Crippen LogP contribution in [0.2, 0.25) is 0 Å². The predicted octanol–water partition coefficient (Wildman–Crippen LogP) is 16.7. The number of esters is 1. The zero-order valence-electron chi connectivity index (χ0n) is 52.1. The van der Waals surface area contributed by atoms with Crippen LogP contribution >= 0.6 is 0 Å². The molecule has 0 aromatic rings. The first-order chi connectivity index (χ1) is 39.7. The standard InChI is InChI=1S/C70H125NO10/c1-4-7-10-13-16-19-22-25-26-27-28-29-30-31-32-33-34-35-36-37-40-42-45-48-51-54-57-63(74)69(78)71-61(62(73)56-53-50-47-44-41-38-23-20-17-14-11-8-5-2)60-79-70-68(67(77)66(76)64(59-72)80-70)81-65(75)58-55-52-49-46-43-39-24-21-18-15-12-9-6-3/h9,12,15,18,21,24,39,43,46,49,53,56,61-64,66-68,70,72-74,76-77H,4-8,10-11,13-14,16-17,19-20,22-23,25-38,40-42,44-45,47-48,50-52,54-55,57-60H2,1-3H3,(H,71,78)/b12-9+,18-15+,24-21-,43-39-,49-46+,56-53+. The molecule has 1 rings (SSSR count). The van der Waals surface area contributed by atoms with Crippen molar-refractivity contribution in [1.29, 1.82) is 0 Å². The Morgan fingerprint density at radius 2 is 0.889 bits per heavy atom. The summed E-state index contributed by atoms with van der Waals surface area (Å²) in [6, 6.07) is -1.04. The average Bonchev–Trinajstić information content (AvgIpc) is 3.50. The highest BCUT2D eigenvalue weighted by Crippen LogP contribution is 2.26. The van der Waals surface area contributed by atoms with Gasteiger partial charge >= 0.3 is 5.97 Å². The molecule has 1 aliphatic heterocycles. The van der Waals surface area contributed by atoms with Crippen LogP contribution in [-0.4, -0.2) is 99.6 Å². The molecule has 470 valence electrons. The fourth-order valence-corrected chi connectivity index (χ4v) is 10.4. The topological polar surface area (TPSA) is 175 Å². The van der Waals surface area contributed by atoms with Gasteiger partial charge in [-0.15, -0.1) is 0 Å². The molecule has 0 aromatic carbocycles. The van der Waals surface area contributed by atoms with E-state index < -0.39 is 67.4 Å². The maximum Gasteiger partial charge on any atom is 0.306 e. The molecular formula is C70H125NO10. The van der Waals surface area contributed by atoms with E-state index in [1.807, 2.05) is 60.8 Å². The van der Waals surface area contributed by atoms with Crippen molar-refractivity contribution < 1.29 is 49.3 Å². The second-order valence-corrected chi connectivity index (χ2v) is 23.3. The van der Waals surface area contributed by atoms with E-state index >= 15 is 0 Å². The van der Waals surface area contributed by atoms with Crippen LogP contribution in [0.25, 0.3) is 0 Å². The SMILES string of the molecule is CC/C=C/C=C/C=C\C=C/C=C/CCCC(=O)OC1C(OCC(NC(=O)C(O)CCCCCCCCCCCCCCCCCCCCCCCCCCCC)C(O)/C=C/CCCCCCCCCCCCC)OC(CO)C(O)C1O. The first kappa shape index (κ1) is 76.1. The fraction of sp³-hybridized carbons (Fsp3) is 0.800. The molecule has 11 nitrogen and oxygen atoms in total. The van der Waals surface area contributed by atoms with Crippen LogP contribution in [0.5, 0.6) is 0 Å². The first-order valence-corrected chi connectivity index (χ1v) is 33.8. The van der Waals surface area contributed by atoms with Crippen LogP contribution in [0.4, 0.5) is 0 Å². The number of unbranched alkanes of at least 4 members (excludes halogenated alkanes) is 37. The van der Waals surface area contributed by atoms with Gasteiger partial charge in [0, 0.05) is 6.42 Å². The van der Waals surface area contributed by atoms with Gasteiger partial charge in [-0.25, -0.2) is 0 Å². The quantitative estimate of drug-likeness (QED) is 0.0149. The maximum atomic E-state index is 13.5. The number of carbonyl (C=O) groups excluding carboxylic acids is 2. The maximum absolute atomic E-state index is 13.5. The van der Waals surface area contributed by atoms with E-state index in [2.05, 4.69) is 32.2 Å². The zero-order chi connectivity index (χ0) is 58.9. The number of amides is 1. The Labute approximate surface area is 496 Å².